The van der Waals surface area contributed by atoms with Crippen LogP contribution in [0.5, 0.6) is 0 Å². The number of nitrogens with one attached hydrogen (secondary N) is 1. The molecule has 0 unspecified atom stereocenters. The zero-order chi connectivity index (χ0) is 8.27. The van der Waals surface area contributed by atoms with Gasteiger partial charge in [0, 0.05) is 0 Å². The van der Waals surface area contributed by atoms with Crippen molar-refractivity contribution in [3.05, 3.63) is 11.1 Å². The molecule has 0 fully saturated rings. The van der Waals surface area contributed by atoms with E-state index in [9.17, 15) is 4.79 Å². The van der Waals surface area contributed by atoms with Gasteiger partial charge < -0.3 is 4.74 Å². The summed E-state index contributed by atoms with van der Waals surface area (Å²) in [5.41, 5.74) is 5.78. The molecule has 0 aliphatic heterocycles. The number of rotatable bonds is 2. The van der Waals surface area contributed by atoms with E-state index in [4.69, 9.17) is 10.5 Å². The van der Waals surface area contributed by atoms with Gasteiger partial charge in [-0.2, -0.15) is 0 Å². The number of nitrogen functional groups attached to an aromatic ring is 1. The van der Waals surface area contributed by atoms with E-state index in [2.05, 4.69) is 4.98 Å². The molecule has 1 aromatic heterocycles. The number of esters is 1. The average molecular weight is 173 g/mol. The lowest BCUT2D eigenvalue weighted by Crippen LogP contribution is -2.17. The largest absolute Gasteiger partial charge is 0.460 e. The van der Waals surface area contributed by atoms with Crippen LogP contribution in [0.15, 0.2) is 5.38 Å². The Morgan fingerprint density at radius 3 is 3.09 bits per heavy atom. The molecular formula is C6H9N2O2S+. The molecule has 0 saturated heterocycles. The van der Waals surface area contributed by atoms with Crippen molar-refractivity contribution in [3.63, 3.8) is 0 Å². The third-order valence-electron chi connectivity index (χ3n) is 1.06. The maximum Gasteiger partial charge on any atom is 0.379 e. The molecule has 60 valence electrons. The number of ether oxygens (including phenoxy) is 1. The average Bonchev–Trinajstić information content (AvgIpc) is 2.36. The van der Waals surface area contributed by atoms with Gasteiger partial charge in [-0.05, 0) is 6.92 Å². The highest BCUT2D eigenvalue weighted by Gasteiger charge is 2.13. The van der Waals surface area contributed by atoms with E-state index in [1.165, 1.54) is 11.3 Å². The van der Waals surface area contributed by atoms with Crippen LogP contribution in [0.4, 0.5) is 5.13 Å². The summed E-state index contributed by atoms with van der Waals surface area (Å²) in [4.78, 5) is 13.6. The third kappa shape index (κ3) is 1.91. The van der Waals surface area contributed by atoms with Crippen LogP contribution in [0, 0.1) is 0 Å². The van der Waals surface area contributed by atoms with Gasteiger partial charge in [-0.1, -0.05) is 11.3 Å². The van der Waals surface area contributed by atoms with Crippen molar-refractivity contribution >= 4 is 22.4 Å². The topological polar surface area (TPSA) is 66.5 Å². The Hall–Kier alpha value is -1.10. The second-order valence-electron chi connectivity index (χ2n) is 1.86. The minimum Gasteiger partial charge on any atom is -0.460 e. The predicted molar refractivity (Wildman–Crippen MR) is 41.2 cm³/mol. The SMILES string of the molecule is CCOC(=O)c1csc(N)[nH+]1. The van der Waals surface area contributed by atoms with Crippen LogP contribution in [0.1, 0.15) is 17.4 Å². The standard InChI is InChI=1S/C6H8N2O2S/c1-2-10-5(9)4-3-11-6(7)8-4/h3H,2H2,1H3,(H2,7,8)/p+1. The monoisotopic (exact) mass is 173 g/mol. The second-order valence-corrected chi connectivity index (χ2v) is 2.77. The Labute approximate surface area is 68.0 Å². The van der Waals surface area contributed by atoms with E-state index in [1.807, 2.05) is 0 Å². The van der Waals surface area contributed by atoms with Crippen molar-refractivity contribution in [1.82, 2.24) is 0 Å². The quantitative estimate of drug-likeness (QED) is 0.655. The zero-order valence-corrected chi connectivity index (χ0v) is 6.90. The lowest BCUT2D eigenvalue weighted by atomic mass is 10.5. The smallest absolute Gasteiger partial charge is 0.379 e. The van der Waals surface area contributed by atoms with Crippen LogP contribution < -0.4 is 10.7 Å². The number of anilines is 1. The number of carbonyl (C=O) groups excluding carboxylic acids is 1. The minimum atomic E-state index is -0.361. The van der Waals surface area contributed by atoms with Crippen LogP contribution in [0.25, 0.3) is 0 Å². The lowest BCUT2D eigenvalue weighted by Gasteiger charge is -1.93. The molecule has 0 aliphatic rings. The first kappa shape index (κ1) is 8.00. The summed E-state index contributed by atoms with van der Waals surface area (Å²) in [6.45, 7) is 2.13. The van der Waals surface area contributed by atoms with E-state index in [0.29, 0.717) is 17.4 Å². The molecule has 1 rings (SSSR count). The maximum absolute atomic E-state index is 11.0. The van der Waals surface area contributed by atoms with Crippen molar-refractivity contribution in [2.45, 2.75) is 6.92 Å². The minimum absolute atomic E-state index is 0.361. The van der Waals surface area contributed by atoms with Crippen LogP contribution >= 0.6 is 11.3 Å². The number of H-pyrrole nitrogens is 1. The fourth-order valence-corrected chi connectivity index (χ4v) is 1.19. The Morgan fingerprint density at radius 1 is 1.91 bits per heavy atom. The molecule has 1 heterocycles. The summed E-state index contributed by atoms with van der Waals surface area (Å²) >= 11 is 1.28. The molecule has 1 aromatic rings. The highest BCUT2D eigenvalue weighted by atomic mass is 32.1. The van der Waals surface area contributed by atoms with Crippen molar-refractivity contribution in [2.24, 2.45) is 0 Å². The number of thiazole rings is 1. The number of aromatic amines is 1. The Balaban J connectivity index is 2.69. The van der Waals surface area contributed by atoms with E-state index in [-0.39, 0.29) is 5.97 Å². The van der Waals surface area contributed by atoms with Crippen molar-refractivity contribution in [1.29, 1.82) is 0 Å². The molecule has 0 bridgehead atoms. The van der Waals surface area contributed by atoms with Gasteiger partial charge in [-0.15, -0.1) is 0 Å². The number of nitrogens with two attached hydrogens (primary N) is 1. The number of carbonyl (C=O) groups is 1. The molecule has 0 amide bonds. The van der Waals surface area contributed by atoms with E-state index < -0.39 is 0 Å². The summed E-state index contributed by atoms with van der Waals surface area (Å²) in [5.74, 6) is -0.361. The molecule has 0 spiro atoms. The Bertz CT molecular complexity index is 259. The summed E-state index contributed by atoms with van der Waals surface area (Å²) in [7, 11) is 0. The number of hydrogen-bond donors (Lipinski definition) is 1. The van der Waals surface area contributed by atoms with Gasteiger partial charge in [-0.25, -0.2) is 9.78 Å². The molecule has 0 aliphatic carbocycles. The molecule has 3 N–H and O–H groups in total. The Kier molecular flexibility index (Phi) is 2.43. The fourth-order valence-electron chi connectivity index (χ4n) is 0.622. The first-order chi connectivity index (χ1) is 5.24. The molecule has 11 heavy (non-hydrogen) atoms. The molecular weight excluding hydrogens is 164 g/mol. The van der Waals surface area contributed by atoms with Crippen LogP contribution in [-0.2, 0) is 4.74 Å². The molecule has 0 aromatic carbocycles. The zero-order valence-electron chi connectivity index (χ0n) is 6.09. The van der Waals surface area contributed by atoms with Gasteiger partial charge in [0.1, 0.15) is 0 Å². The van der Waals surface area contributed by atoms with Gasteiger partial charge in [0.05, 0.1) is 12.0 Å². The van der Waals surface area contributed by atoms with Crippen molar-refractivity contribution in [3.8, 4) is 0 Å². The molecule has 0 radical (unpaired) electrons. The first-order valence-corrected chi connectivity index (χ1v) is 4.05. The first-order valence-electron chi connectivity index (χ1n) is 3.17. The summed E-state index contributed by atoms with van der Waals surface area (Å²) in [5, 5.41) is 2.14. The predicted octanol–water partition coefficient (Wildman–Crippen LogP) is 0.321. The highest BCUT2D eigenvalue weighted by Crippen LogP contribution is 2.05. The van der Waals surface area contributed by atoms with E-state index in [0.717, 1.165) is 0 Å². The fraction of sp³-hybridized carbons (Fsp3) is 0.333. The van der Waals surface area contributed by atoms with Gasteiger partial charge in [0.25, 0.3) is 0 Å². The Morgan fingerprint density at radius 2 is 2.64 bits per heavy atom. The second kappa shape index (κ2) is 3.34. The van der Waals surface area contributed by atoms with Crippen LogP contribution in [-0.4, -0.2) is 12.6 Å². The molecule has 0 saturated carbocycles. The van der Waals surface area contributed by atoms with Crippen LogP contribution in [0.3, 0.4) is 0 Å². The van der Waals surface area contributed by atoms with Crippen LogP contribution in [0.2, 0.25) is 0 Å². The summed E-state index contributed by atoms with van der Waals surface area (Å²) in [6.07, 6.45) is 0. The number of aromatic nitrogens is 1. The van der Waals surface area contributed by atoms with E-state index in [1.54, 1.807) is 12.3 Å². The van der Waals surface area contributed by atoms with Gasteiger partial charge in [0.2, 0.25) is 5.69 Å². The third-order valence-corrected chi connectivity index (χ3v) is 1.77. The van der Waals surface area contributed by atoms with Crippen molar-refractivity contribution in [2.75, 3.05) is 12.3 Å². The number of hydrogen-bond acceptors (Lipinski definition) is 4. The maximum atomic E-state index is 11.0. The van der Waals surface area contributed by atoms with E-state index >= 15 is 0 Å². The highest BCUT2D eigenvalue weighted by molar-refractivity contribution is 7.13. The van der Waals surface area contributed by atoms with Gasteiger partial charge in [0.15, 0.2) is 0 Å². The lowest BCUT2D eigenvalue weighted by molar-refractivity contribution is -0.359. The molecule has 0 atom stereocenters. The summed E-state index contributed by atoms with van der Waals surface area (Å²) < 4.78 is 4.72. The van der Waals surface area contributed by atoms with Gasteiger partial charge in [-0.3, -0.25) is 5.73 Å². The normalized spacial score (nSPS) is 9.55. The molecule has 5 heteroatoms. The summed E-state index contributed by atoms with van der Waals surface area (Å²) in [6, 6.07) is 0. The van der Waals surface area contributed by atoms with Crippen molar-refractivity contribution < 1.29 is 14.5 Å². The van der Waals surface area contributed by atoms with Gasteiger partial charge >= 0.3 is 11.1 Å². The molecule has 4 nitrogen and oxygen atoms in total.